The van der Waals surface area contributed by atoms with Gasteiger partial charge in [-0.3, -0.25) is 9.59 Å². The number of nitrogens with zero attached hydrogens (tertiary/aromatic N) is 1. The lowest BCUT2D eigenvalue weighted by molar-refractivity contribution is -0.137. The molecule has 0 saturated carbocycles. The quantitative estimate of drug-likeness (QED) is 0.670. The number of furan rings is 1. The molecule has 0 aromatic carbocycles. The number of aliphatic carboxylic acids is 1. The topological polar surface area (TPSA) is 82.8 Å². The van der Waals surface area contributed by atoms with Crippen LogP contribution in [-0.4, -0.2) is 42.0 Å². The number of amides is 1. The molecule has 94 valence electrons. The smallest absolute Gasteiger partial charge is 0.304 e. The van der Waals surface area contributed by atoms with Gasteiger partial charge < -0.3 is 19.7 Å². The van der Waals surface area contributed by atoms with Gasteiger partial charge in [0, 0.05) is 13.6 Å². The minimum absolute atomic E-state index is 0.00911. The van der Waals surface area contributed by atoms with Crippen molar-refractivity contribution in [2.45, 2.75) is 13.0 Å². The largest absolute Gasteiger partial charge is 0.481 e. The number of rotatable bonds is 7. The van der Waals surface area contributed by atoms with Crippen molar-refractivity contribution in [3.05, 3.63) is 24.2 Å². The first-order chi connectivity index (χ1) is 8.09. The number of likely N-dealkylation sites (N-methyl/N-ethyl adjacent to an activating group) is 1. The van der Waals surface area contributed by atoms with Crippen LogP contribution in [0.1, 0.15) is 12.2 Å². The van der Waals surface area contributed by atoms with Crippen LogP contribution in [-0.2, 0) is 16.1 Å². The van der Waals surface area contributed by atoms with Crippen LogP contribution in [0.15, 0.2) is 22.8 Å². The molecule has 1 aromatic rings. The van der Waals surface area contributed by atoms with Crippen molar-refractivity contribution in [2.24, 2.45) is 0 Å². The zero-order valence-corrected chi connectivity index (χ0v) is 9.68. The van der Waals surface area contributed by atoms with E-state index in [2.05, 4.69) is 5.32 Å². The number of carboxylic acids is 1. The number of carboxylic acid groups (broad SMARTS) is 1. The van der Waals surface area contributed by atoms with Gasteiger partial charge in [0.15, 0.2) is 0 Å². The van der Waals surface area contributed by atoms with E-state index in [1.54, 1.807) is 25.4 Å². The molecule has 6 heteroatoms. The van der Waals surface area contributed by atoms with Gasteiger partial charge in [0.1, 0.15) is 5.76 Å². The number of hydrogen-bond donors (Lipinski definition) is 2. The summed E-state index contributed by atoms with van der Waals surface area (Å²) in [6, 6.07) is 3.56. The molecule has 0 aliphatic carbocycles. The summed E-state index contributed by atoms with van der Waals surface area (Å²) in [6.07, 6.45) is 1.56. The summed E-state index contributed by atoms with van der Waals surface area (Å²) in [5.41, 5.74) is 0. The first-order valence-corrected chi connectivity index (χ1v) is 5.28. The monoisotopic (exact) mass is 240 g/mol. The maximum Gasteiger partial charge on any atom is 0.304 e. The molecular formula is C11H16N2O4. The predicted octanol–water partition coefficient (Wildman–Crippen LogP) is 0.302. The highest BCUT2D eigenvalue weighted by Gasteiger charge is 2.10. The molecule has 0 spiro atoms. The van der Waals surface area contributed by atoms with E-state index in [9.17, 15) is 9.59 Å². The van der Waals surface area contributed by atoms with Gasteiger partial charge in [-0.1, -0.05) is 0 Å². The first-order valence-electron chi connectivity index (χ1n) is 5.28. The fraction of sp³-hybridized carbons (Fsp3) is 0.455. The fourth-order valence-corrected chi connectivity index (χ4v) is 1.25. The van der Waals surface area contributed by atoms with E-state index in [0.717, 1.165) is 0 Å². The standard InChI is InChI=1S/C11H16N2O4/c1-13(8-9-3-2-6-17-9)10(14)7-12-5-4-11(15)16/h2-3,6,12H,4-5,7-8H2,1H3,(H,15,16). The highest BCUT2D eigenvalue weighted by Crippen LogP contribution is 2.03. The van der Waals surface area contributed by atoms with E-state index >= 15 is 0 Å². The van der Waals surface area contributed by atoms with E-state index in [4.69, 9.17) is 9.52 Å². The Morgan fingerprint density at radius 2 is 2.29 bits per heavy atom. The first kappa shape index (κ1) is 13.2. The van der Waals surface area contributed by atoms with Crippen molar-refractivity contribution in [3.8, 4) is 0 Å². The SMILES string of the molecule is CN(Cc1ccco1)C(=O)CNCCC(=O)O. The van der Waals surface area contributed by atoms with Crippen LogP contribution < -0.4 is 5.32 Å². The third kappa shape index (κ3) is 5.17. The Balaban J connectivity index is 2.20. The number of carbonyl (C=O) groups excluding carboxylic acids is 1. The van der Waals surface area contributed by atoms with E-state index < -0.39 is 5.97 Å². The Morgan fingerprint density at radius 3 is 2.88 bits per heavy atom. The molecule has 0 unspecified atom stereocenters. The second kappa shape index (κ2) is 6.70. The lowest BCUT2D eigenvalue weighted by Gasteiger charge is -2.15. The van der Waals surface area contributed by atoms with Crippen LogP contribution in [0.25, 0.3) is 0 Å². The molecule has 1 rings (SSSR count). The summed E-state index contributed by atoms with van der Waals surface area (Å²) in [4.78, 5) is 23.4. The van der Waals surface area contributed by atoms with Crippen LogP contribution in [0.5, 0.6) is 0 Å². The summed E-state index contributed by atoms with van der Waals surface area (Å²) in [5, 5.41) is 11.2. The summed E-state index contributed by atoms with van der Waals surface area (Å²) in [6.45, 7) is 0.826. The minimum atomic E-state index is -0.881. The maximum atomic E-state index is 11.6. The van der Waals surface area contributed by atoms with Crippen LogP contribution >= 0.6 is 0 Å². The lowest BCUT2D eigenvalue weighted by atomic mass is 10.4. The summed E-state index contributed by atoms with van der Waals surface area (Å²) in [7, 11) is 1.67. The molecule has 0 atom stereocenters. The van der Waals surface area contributed by atoms with Crippen molar-refractivity contribution in [1.29, 1.82) is 0 Å². The molecule has 6 nitrogen and oxygen atoms in total. The van der Waals surface area contributed by atoms with Crippen molar-refractivity contribution in [2.75, 3.05) is 20.1 Å². The Labute approximate surface area is 99.2 Å². The molecule has 17 heavy (non-hydrogen) atoms. The fourth-order valence-electron chi connectivity index (χ4n) is 1.25. The summed E-state index contributed by atoms with van der Waals surface area (Å²) in [5.74, 6) is -0.271. The Bertz CT molecular complexity index is 362. The van der Waals surface area contributed by atoms with Gasteiger partial charge in [-0.25, -0.2) is 0 Å². The van der Waals surface area contributed by atoms with Gasteiger partial charge in [-0.2, -0.15) is 0 Å². The van der Waals surface area contributed by atoms with Gasteiger partial charge in [0.2, 0.25) is 5.91 Å². The van der Waals surface area contributed by atoms with Gasteiger partial charge >= 0.3 is 5.97 Å². The minimum Gasteiger partial charge on any atom is -0.481 e. The van der Waals surface area contributed by atoms with E-state index in [1.807, 2.05) is 0 Å². The molecule has 2 N–H and O–H groups in total. The average Bonchev–Trinajstić information content (AvgIpc) is 2.76. The normalized spacial score (nSPS) is 10.2. The van der Waals surface area contributed by atoms with E-state index in [-0.39, 0.29) is 25.4 Å². The van der Waals surface area contributed by atoms with Crippen LogP contribution in [0.2, 0.25) is 0 Å². The second-order valence-electron chi connectivity index (χ2n) is 3.65. The van der Waals surface area contributed by atoms with Crippen LogP contribution in [0.3, 0.4) is 0 Å². The van der Waals surface area contributed by atoms with Crippen molar-refractivity contribution < 1.29 is 19.1 Å². The van der Waals surface area contributed by atoms with Gasteiger partial charge in [-0.05, 0) is 12.1 Å². The highest BCUT2D eigenvalue weighted by atomic mass is 16.4. The average molecular weight is 240 g/mol. The van der Waals surface area contributed by atoms with Gasteiger partial charge in [0.25, 0.3) is 0 Å². The second-order valence-corrected chi connectivity index (χ2v) is 3.65. The van der Waals surface area contributed by atoms with E-state index in [0.29, 0.717) is 12.3 Å². The molecule has 0 aliphatic heterocycles. The van der Waals surface area contributed by atoms with E-state index in [1.165, 1.54) is 4.90 Å². The van der Waals surface area contributed by atoms with Crippen molar-refractivity contribution in [3.63, 3.8) is 0 Å². The zero-order valence-electron chi connectivity index (χ0n) is 9.68. The molecule has 0 radical (unpaired) electrons. The van der Waals surface area contributed by atoms with Crippen molar-refractivity contribution >= 4 is 11.9 Å². The molecule has 0 aliphatic rings. The van der Waals surface area contributed by atoms with Gasteiger partial charge in [0.05, 0.1) is 25.8 Å². The Hall–Kier alpha value is -1.82. The predicted molar refractivity (Wildman–Crippen MR) is 60.3 cm³/mol. The van der Waals surface area contributed by atoms with Gasteiger partial charge in [-0.15, -0.1) is 0 Å². The molecule has 1 heterocycles. The molecular weight excluding hydrogens is 224 g/mol. The van der Waals surface area contributed by atoms with Crippen molar-refractivity contribution in [1.82, 2.24) is 10.2 Å². The third-order valence-electron chi connectivity index (χ3n) is 2.19. The van der Waals surface area contributed by atoms with Crippen LogP contribution in [0, 0.1) is 0 Å². The summed E-state index contributed by atoms with van der Waals surface area (Å²) < 4.78 is 5.12. The molecule has 0 bridgehead atoms. The molecule has 0 saturated heterocycles. The number of carbonyl (C=O) groups is 2. The maximum absolute atomic E-state index is 11.6. The lowest BCUT2D eigenvalue weighted by Crippen LogP contribution is -2.35. The Morgan fingerprint density at radius 1 is 1.53 bits per heavy atom. The Kier molecular flexibility index (Phi) is 5.22. The number of nitrogens with one attached hydrogen (secondary N) is 1. The summed E-state index contributed by atoms with van der Waals surface area (Å²) >= 11 is 0. The third-order valence-corrected chi connectivity index (χ3v) is 2.19. The molecule has 1 amide bonds. The number of hydrogen-bond acceptors (Lipinski definition) is 4. The van der Waals surface area contributed by atoms with Crippen LogP contribution in [0.4, 0.5) is 0 Å². The highest BCUT2D eigenvalue weighted by molar-refractivity contribution is 5.78. The zero-order chi connectivity index (χ0) is 12.7. The molecule has 1 aromatic heterocycles. The molecule has 0 fully saturated rings.